The minimum atomic E-state index is 0.400. The second kappa shape index (κ2) is 8.49. The van der Waals surface area contributed by atoms with E-state index in [1.807, 2.05) is 7.05 Å². The van der Waals surface area contributed by atoms with Crippen molar-refractivity contribution in [2.45, 2.75) is 46.5 Å². The number of likely N-dealkylation sites (tertiary alicyclic amines) is 1. The summed E-state index contributed by atoms with van der Waals surface area (Å²) in [5.74, 6) is 1.39. The molecule has 2 aliphatic rings. The van der Waals surface area contributed by atoms with Gasteiger partial charge in [-0.2, -0.15) is 0 Å². The number of hydrogen-bond donors (Lipinski definition) is 0. The van der Waals surface area contributed by atoms with Gasteiger partial charge in [-0.3, -0.25) is 9.89 Å². The molecule has 1 aliphatic carbocycles. The van der Waals surface area contributed by atoms with Gasteiger partial charge in [0, 0.05) is 24.7 Å². The molecule has 3 heteroatoms. The molecule has 1 fully saturated rings. The van der Waals surface area contributed by atoms with Gasteiger partial charge in [0.05, 0.1) is 12.8 Å². The van der Waals surface area contributed by atoms with E-state index in [0.717, 1.165) is 24.4 Å². The fourth-order valence-corrected chi connectivity index (χ4v) is 3.62. The van der Waals surface area contributed by atoms with Crippen molar-refractivity contribution in [1.29, 1.82) is 0 Å². The van der Waals surface area contributed by atoms with Crippen molar-refractivity contribution in [2.24, 2.45) is 10.9 Å². The van der Waals surface area contributed by atoms with Crippen LogP contribution in [0.1, 0.15) is 46.5 Å². The number of hydrogen-bond acceptors (Lipinski definition) is 3. The summed E-state index contributed by atoms with van der Waals surface area (Å²) in [5.41, 5.74) is 5.02. The molecule has 0 radical (unpaired) electrons. The van der Waals surface area contributed by atoms with Crippen molar-refractivity contribution < 1.29 is 4.74 Å². The maximum atomic E-state index is 5.72. The molecule has 1 heterocycles. The lowest BCUT2D eigenvalue weighted by Crippen LogP contribution is -2.33. The highest BCUT2D eigenvalue weighted by atomic mass is 16.5. The number of rotatable bonds is 5. The Morgan fingerprint density at radius 3 is 2.48 bits per heavy atom. The number of methoxy groups -OCH3 is 1. The average Bonchev–Trinajstić information content (AvgIpc) is 2.56. The SMILES string of the molecule is CC/C=C1/C(CN2CCCCC2)=CC(OC)=C(C(C)C)C1=NC. The van der Waals surface area contributed by atoms with Gasteiger partial charge in [-0.25, -0.2) is 0 Å². The molecule has 0 aromatic carbocycles. The normalized spacial score (nSPS) is 23.8. The molecular weight excluding hydrogens is 284 g/mol. The van der Waals surface area contributed by atoms with Crippen molar-refractivity contribution in [3.8, 4) is 0 Å². The van der Waals surface area contributed by atoms with Crippen molar-refractivity contribution >= 4 is 5.71 Å². The van der Waals surface area contributed by atoms with Crippen LogP contribution in [-0.4, -0.2) is 44.4 Å². The Labute approximate surface area is 141 Å². The summed E-state index contributed by atoms with van der Waals surface area (Å²) in [6.07, 6.45) is 9.61. The van der Waals surface area contributed by atoms with Crippen LogP contribution in [0, 0.1) is 5.92 Å². The van der Waals surface area contributed by atoms with Crippen molar-refractivity contribution in [1.82, 2.24) is 4.90 Å². The number of piperidine rings is 1. The van der Waals surface area contributed by atoms with E-state index >= 15 is 0 Å². The van der Waals surface area contributed by atoms with E-state index in [0.29, 0.717) is 5.92 Å². The third-order valence-electron chi connectivity index (χ3n) is 4.70. The summed E-state index contributed by atoms with van der Waals surface area (Å²) in [7, 11) is 3.67. The third-order valence-corrected chi connectivity index (χ3v) is 4.70. The van der Waals surface area contributed by atoms with Crippen LogP contribution in [0.4, 0.5) is 0 Å². The second-order valence-electron chi connectivity index (χ2n) is 6.74. The fraction of sp³-hybridized carbons (Fsp3) is 0.650. The van der Waals surface area contributed by atoms with Gasteiger partial charge in [0.15, 0.2) is 0 Å². The van der Waals surface area contributed by atoms with E-state index in [1.54, 1.807) is 7.11 Å². The summed E-state index contributed by atoms with van der Waals surface area (Å²) in [5, 5.41) is 0. The molecule has 0 unspecified atom stereocenters. The highest BCUT2D eigenvalue weighted by Gasteiger charge is 2.27. The molecule has 0 amide bonds. The lowest BCUT2D eigenvalue weighted by molar-refractivity contribution is 0.246. The van der Waals surface area contributed by atoms with Crippen LogP contribution in [0.15, 0.2) is 39.6 Å². The number of allylic oxidation sites excluding steroid dienone is 3. The first-order valence-electron chi connectivity index (χ1n) is 9.01. The topological polar surface area (TPSA) is 24.8 Å². The maximum absolute atomic E-state index is 5.72. The summed E-state index contributed by atoms with van der Waals surface area (Å²) in [4.78, 5) is 7.21. The Morgan fingerprint density at radius 2 is 1.96 bits per heavy atom. The quantitative estimate of drug-likeness (QED) is 0.752. The van der Waals surface area contributed by atoms with Gasteiger partial charge in [0.1, 0.15) is 5.76 Å². The van der Waals surface area contributed by atoms with Crippen molar-refractivity contribution in [3.63, 3.8) is 0 Å². The monoisotopic (exact) mass is 316 g/mol. The largest absolute Gasteiger partial charge is 0.496 e. The van der Waals surface area contributed by atoms with Gasteiger partial charge in [-0.15, -0.1) is 0 Å². The van der Waals surface area contributed by atoms with E-state index < -0.39 is 0 Å². The zero-order valence-electron chi connectivity index (χ0n) is 15.5. The minimum Gasteiger partial charge on any atom is -0.496 e. The van der Waals surface area contributed by atoms with E-state index in [1.165, 1.54) is 49.1 Å². The zero-order valence-corrected chi connectivity index (χ0v) is 15.5. The molecular formula is C20H32N2O. The standard InChI is InChI=1S/C20H32N2O/c1-6-10-17-16(14-22-11-8-7-9-12-22)13-18(23-5)19(15(2)3)20(17)21-4/h10,13,15H,6-9,11-12,14H2,1-5H3/b17-10-,21-20?. The average molecular weight is 316 g/mol. The molecule has 2 rings (SSSR count). The summed E-state index contributed by atoms with van der Waals surface area (Å²) >= 11 is 0. The number of aliphatic imine (C=N–C) groups is 1. The first-order chi connectivity index (χ1) is 11.1. The summed E-state index contributed by atoms with van der Waals surface area (Å²) in [6.45, 7) is 10.0. The van der Waals surface area contributed by atoms with Crippen LogP contribution in [0.2, 0.25) is 0 Å². The lowest BCUT2D eigenvalue weighted by Gasteiger charge is -2.31. The molecule has 1 aliphatic heterocycles. The van der Waals surface area contributed by atoms with E-state index in [2.05, 4.69) is 42.8 Å². The predicted molar refractivity (Wildman–Crippen MR) is 99.0 cm³/mol. The molecule has 23 heavy (non-hydrogen) atoms. The second-order valence-corrected chi connectivity index (χ2v) is 6.74. The molecule has 3 nitrogen and oxygen atoms in total. The van der Waals surface area contributed by atoms with Gasteiger partial charge in [-0.05, 0) is 49.9 Å². The highest BCUT2D eigenvalue weighted by molar-refractivity contribution is 6.17. The molecule has 0 aromatic heterocycles. The zero-order chi connectivity index (χ0) is 16.8. The lowest BCUT2D eigenvalue weighted by atomic mass is 9.83. The van der Waals surface area contributed by atoms with Crippen LogP contribution in [0.25, 0.3) is 0 Å². The van der Waals surface area contributed by atoms with Crippen LogP contribution in [-0.2, 0) is 4.74 Å². The first kappa shape index (κ1) is 18.0. The molecule has 0 bridgehead atoms. The molecule has 1 saturated heterocycles. The predicted octanol–water partition coefficient (Wildman–Crippen LogP) is 4.38. The van der Waals surface area contributed by atoms with Gasteiger partial charge < -0.3 is 4.74 Å². The number of nitrogens with zero attached hydrogens (tertiary/aromatic N) is 2. The van der Waals surface area contributed by atoms with Crippen molar-refractivity contribution in [3.05, 3.63) is 34.6 Å². The molecule has 0 spiro atoms. The maximum Gasteiger partial charge on any atom is 0.124 e. The molecule has 0 N–H and O–H groups in total. The van der Waals surface area contributed by atoms with Gasteiger partial charge in [0.25, 0.3) is 0 Å². The molecule has 0 aromatic rings. The Balaban J connectivity index is 2.41. The Kier molecular flexibility index (Phi) is 6.64. The van der Waals surface area contributed by atoms with Crippen LogP contribution < -0.4 is 0 Å². The number of ether oxygens (including phenoxy) is 1. The van der Waals surface area contributed by atoms with E-state index in [9.17, 15) is 0 Å². The minimum absolute atomic E-state index is 0.400. The highest BCUT2D eigenvalue weighted by Crippen LogP contribution is 2.32. The Bertz CT molecular complexity index is 532. The molecule has 0 saturated carbocycles. The molecule has 0 atom stereocenters. The Hall–Kier alpha value is -1.35. The Morgan fingerprint density at radius 1 is 1.26 bits per heavy atom. The van der Waals surface area contributed by atoms with Crippen LogP contribution in [0.5, 0.6) is 0 Å². The van der Waals surface area contributed by atoms with Gasteiger partial charge in [0.2, 0.25) is 0 Å². The van der Waals surface area contributed by atoms with Crippen molar-refractivity contribution in [2.75, 3.05) is 33.8 Å². The summed E-state index contributed by atoms with van der Waals surface area (Å²) < 4.78 is 5.72. The van der Waals surface area contributed by atoms with Crippen LogP contribution in [0.3, 0.4) is 0 Å². The summed E-state index contributed by atoms with van der Waals surface area (Å²) in [6, 6.07) is 0. The third kappa shape index (κ3) is 4.14. The first-order valence-corrected chi connectivity index (χ1v) is 9.01. The molecule has 128 valence electrons. The van der Waals surface area contributed by atoms with Crippen LogP contribution >= 0.6 is 0 Å². The van der Waals surface area contributed by atoms with Gasteiger partial charge >= 0.3 is 0 Å². The smallest absolute Gasteiger partial charge is 0.124 e. The van der Waals surface area contributed by atoms with E-state index in [4.69, 9.17) is 4.74 Å². The van der Waals surface area contributed by atoms with E-state index in [-0.39, 0.29) is 0 Å². The van der Waals surface area contributed by atoms with Gasteiger partial charge in [-0.1, -0.05) is 33.3 Å². The fourth-order valence-electron chi connectivity index (χ4n) is 3.62.